The first-order chi connectivity index (χ1) is 8.06. The van der Waals surface area contributed by atoms with E-state index in [1.165, 1.54) is 4.88 Å². The van der Waals surface area contributed by atoms with Gasteiger partial charge in [0.25, 0.3) is 0 Å². The van der Waals surface area contributed by atoms with Gasteiger partial charge in [-0.1, -0.05) is 0 Å². The number of nitrogens with zero attached hydrogens (tertiary/aromatic N) is 1. The maximum absolute atomic E-state index is 6.10. The van der Waals surface area contributed by atoms with Crippen LogP contribution in [0.5, 0.6) is 0 Å². The van der Waals surface area contributed by atoms with Crippen molar-refractivity contribution in [3.05, 3.63) is 20.8 Å². The standard InChI is InChI=1S/C12H21BrN2OS/c1-9(14)12(11-7-10(13)8-17-11)15(2)5-4-6-16-3/h7-9,12H,4-6,14H2,1-3H3. The highest BCUT2D eigenvalue weighted by Gasteiger charge is 2.22. The monoisotopic (exact) mass is 320 g/mol. The Morgan fingerprint density at radius 1 is 1.59 bits per heavy atom. The minimum atomic E-state index is 0.119. The topological polar surface area (TPSA) is 38.5 Å². The van der Waals surface area contributed by atoms with Crippen molar-refractivity contribution in [3.63, 3.8) is 0 Å². The van der Waals surface area contributed by atoms with Gasteiger partial charge in [0.05, 0.1) is 6.04 Å². The first kappa shape index (κ1) is 15.1. The quantitative estimate of drug-likeness (QED) is 0.785. The average molecular weight is 321 g/mol. The van der Waals surface area contributed by atoms with Gasteiger partial charge in [-0.05, 0) is 42.4 Å². The van der Waals surface area contributed by atoms with E-state index >= 15 is 0 Å². The van der Waals surface area contributed by atoms with Crippen molar-refractivity contribution in [1.82, 2.24) is 4.90 Å². The van der Waals surface area contributed by atoms with Crippen LogP contribution in [0.3, 0.4) is 0 Å². The summed E-state index contributed by atoms with van der Waals surface area (Å²) in [6.07, 6.45) is 1.03. The highest BCUT2D eigenvalue weighted by molar-refractivity contribution is 9.10. The van der Waals surface area contributed by atoms with Gasteiger partial charge in [0.2, 0.25) is 0 Å². The van der Waals surface area contributed by atoms with Gasteiger partial charge in [0.1, 0.15) is 0 Å². The van der Waals surface area contributed by atoms with E-state index < -0.39 is 0 Å². The second kappa shape index (κ2) is 7.48. The smallest absolute Gasteiger partial charge is 0.0588 e. The highest BCUT2D eigenvalue weighted by atomic mass is 79.9. The molecule has 0 aliphatic rings. The van der Waals surface area contributed by atoms with Gasteiger partial charge < -0.3 is 10.5 Å². The fraction of sp³-hybridized carbons (Fsp3) is 0.667. The number of rotatable bonds is 7. The molecular weight excluding hydrogens is 300 g/mol. The maximum atomic E-state index is 6.10. The lowest BCUT2D eigenvalue weighted by Gasteiger charge is -2.30. The van der Waals surface area contributed by atoms with Crippen LogP contribution >= 0.6 is 27.3 Å². The number of nitrogens with two attached hydrogens (primary N) is 1. The Morgan fingerprint density at radius 2 is 2.29 bits per heavy atom. The molecule has 0 saturated carbocycles. The second-order valence-corrected chi connectivity index (χ2v) is 6.16. The van der Waals surface area contributed by atoms with Gasteiger partial charge in [0, 0.05) is 41.0 Å². The molecule has 1 heterocycles. The summed E-state index contributed by atoms with van der Waals surface area (Å²) in [6.45, 7) is 3.85. The number of halogens is 1. The Kier molecular flexibility index (Phi) is 6.66. The van der Waals surface area contributed by atoms with Crippen LogP contribution in [-0.4, -0.2) is 38.3 Å². The summed E-state index contributed by atoms with van der Waals surface area (Å²) in [5.41, 5.74) is 6.10. The third kappa shape index (κ3) is 4.67. The summed E-state index contributed by atoms with van der Waals surface area (Å²) in [4.78, 5) is 3.62. The lowest BCUT2D eigenvalue weighted by molar-refractivity contribution is 0.159. The van der Waals surface area contributed by atoms with Crippen LogP contribution < -0.4 is 5.73 Å². The molecule has 0 spiro atoms. The molecule has 17 heavy (non-hydrogen) atoms. The summed E-state index contributed by atoms with van der Waals surface area (Å²) < 4.78 is 6.21. The SMILES string of the molecule is COCCCN(C)C(c1cc(Br)cs1)C(C)N. The minimum absolute atomic E-state index is 0.119. The van der Waals surface area contributed by atoms with E-state index in [4.69, 9.17) is 10.5 Å². The summed E-state index contributed by atoms with van der Waals surface area (Å²) >= 11 is 5.25. The van der Waals surface area contributed by atoms with Gasteiger partial charge in [-0.25, -0.2) is 0 Å². The van der Waals surface area contributed by atoms with E-state index in [-0.39, 0.29) is 12.1 Å². The largest absolute Gasteiger partial charge is 0.385 e. The first-order valence-corrected chi connectivity index (χ1v) is 7.42. The molecular formula is C12H21BrN2OS. The molecule has 1 aromatic rings. The van der Waals surface area contributed by atoms with E-state index in [9.17, 15) is 0 Å². The van der Waals surface area contributed by atoms with Crippen LogP contribution in [0.4, 0.5) is 0 Å². The highest BCUT2D eigenvalue weighted by Crippen LogP contribution is 2.30. The fourth-order valence-electron chi connectivity index (χ4n) is 1.96. The Morgan fingerprint density at radius 3 is 2.76 bits per heavy atom. The lowest BCUT2D eigenvalue weighted by Crippen LogP contribution is -2.37. The second-order valence-electron chi connectivity index (χ2n) is 4.30. The van der Waals surface area contributed by atoms with Crippen molar-refractivity contribution in [2.45, 2.75) is 25.4 Å². The summed E-state index contributed by atoms with van der Waals surface area (Å²) in [5, 5.41) is 2.10. The zero-order chi connectivity index (χ0) is 12.8. The van der Waals surface area contributed by atoms with Crippen molar-refractivity contribution in [2.75, 3.05) is 27.3 Å². The maximum Gasteiger partial charge on any atom is 0.0588 e. The Bertz CT molecular complexity index is 330. The number of ether oxygens (including phenoxy) is 1. The Labute approximate surface area is 116 Å². The Balaban J connectivity index is 2.65. The van der Waals surface area contributed by atoms with E-state index in [1.807, 2.05) is 0 Å². The minimum Gasteiger partial charge on any atom is -0.385 e. The molecule has 2 N–H and O–H groups in total. The third-order valence-corrected chi connectivity index (χ3v) is 4.48. The summed E-state index contributed by atoms with van der Waals surface area (Å²) in [5.74, 6) is 0. The zero-order valence-electron chi connectivity index (χ0n) is 10.6. The predicted molar refractivity (Wildman–Crippen MR) is 77.5 cm³/mol. The van der Waals surface area contributed by atoms with Crippen LogP contribution in [-0.2, 0) is 4.74 Å². The molecule has 1 aromatic heterocycles. The summed E-state index contributed by atoms with van der Waals surface area (Å²) in [6, 6.07) is 2.56. The number of thiophene rings is 1. The van der Waals surface area contributed by atoms with Gasteiger partial charge in [-0.3, -0.25) is 4.90 Å². The van der Waals surface area contributed by atoms with Crippen LogP contribution in [0, 0.1) is 0 Å². The molecule has 0 saturated heterocycles. The van der Waals surface area contributed by atoms with Gasteiger partial charge >= 0.3 is 0 Å². The van der Waals surface area contributed by atoms with Crippen molar-refractivity contribution < 1.29 is 4.74 Å². The molecule has 0 amide bonds. The number of hydrogen-bond donors (Lipinski definition) is 1. The Hall–Kier alpha value is 0.0600. The predicted octanol–water partition coefficient (Wildman–Crippen LogP) is 2.87. The van der Waals surface area contributed by atoms with Crippen molar-refractivity contribution in [3.8, 4) is 0 Å². The molecule has 0 fully saturated rings. The molecule has 98 valence electrons. The fourth-order valence-corrected chi connectivity index (χ4v) is 3.68. The van der Waals surface area contributed by atoms with E-state index in [0.29, 0.717) is 0 Å². The molecule has 2 atom stereocenters. The first-order valence-electron chi connectivity index (χ1n) is 5.75. The van der Waals surface area contributed by atoms with Crippen LogP contribution in [0.25, 0.3) is 0 Å². The number of methoxy groups -OCH3 is 1. The molecule has 0 aliphatic heterocycles. The molecule has 2 unspecified atom stereocenters. The van der Waals surface area contributed by atoms with Gasteiger partial charge in [-0.15, -0.1) is 11.3 Å². The van der Waals surface area contributed by atoms with Crippen molar-refractivity contribution in [1.29, 1.82) is 0 Å². The number of likely N-dealkylation sites (N-methyl/N-ethyl adjacent to an activating group) is 1. The zero-order valence-corrected chi connectivity index (χ0v) is 13.1. The molecule has 1 rings (SSSR count). The van der Waals surface area contributed by atoms with E-state index in [0.717, 1.165) is 24.0 Å². The third-order valence-electron chi connectivity index (χ3n) is 2.71. The molecule has 5 heteroatoms. The molecule has 3 nitrogen and oxygen atoms in total. The van der Waals surface area contributed by atoms with Crippen LogP contribution in [0.15, 0.2) is 15.9 Å². The van der Waals surface area contributed by atoms with Crippen LogP contribution in [0.2, 0.25) is 0 Å². The molecule has 0 bridgehead atoms. The van der Waals surface area contributed by atoms with E-state index in [1.54, 1.807) is 18.4 Å². The molecule has 0 aliphatic carbocycles. The van der Waals surface area contributed by atoms with Crippen molar-refractivity contribution in [2.24, 2.45) is 5.73 Å². The average Bonchev–Trinajstić information content (AvgIpc) is 2.65. The normalized spacial score (nSPS) is 15.2. The summed E-state index contributed by atoms with van der Waals surface area (Å²) in [7, 11) is 3.86. The van der Waals surface area contributed by atoms with Crippen molar-refractivity contribution >= 4 is 27.3 Å². The molecule has 0 radical (unpaired) electrons. The molecule has 0 aromatic carbocycles. The van der Waals surface area contributed by atoms with E-state index in [2.05, 4.69) is 46.2 Å². The van der Waals surface area contributed by atoms with Gasteiger partial charge in [0.15, 0.2) is 0 Å². The van der Waals surface area contributed by atoms with Crippen LogP contribution in [0.1, 0.15) is 24.3 Å². The van der Waals surface area contributed by atoms with Gasteiger partial charge in [-0.2, -0.15) is 0 Å². The lowest BCUT2D eigenvalue weighted by atomic mass is 10.1. The number of hydrogen-bond acceptors (Lipinski definition) is 4.